The predicted molar refractivity (Wildman–Crippen MR) is 38.6 cm³/mol. The summed E-state index contributed by atoms with van der Waals surface area (Å²) in [5, 5.41) is 0. The van der Waals surface area contributed by atoms with Crippen LogP contribution in [0, 0.1) is 0 Å². The van der Waals surface area contributed by atoms with Crippen molar-refractivity contribution in [3.63, 3.8) is 0 Å². The lowest BCUT2D eigenvalue weighted by molar-refractivity contribution is 0.384. The van der Waals surface area contributed by atoms with Crippen LogP contribution in [0.5, 0.6) is 0 Å². The third kappa shape index (κ3) is 4.85. The normalized spacial score (nSPS) is 13.2. The van der Waals surface area contributed by atoms with E-state index in [0.717, 1.165) is 0 Å². The van der Waals surface area contributed by atoms with Crippen LogP contribution in [-0.4, -0.2) is 8.32 Å². The second kappa shape index (κ2) is 2.94. The van der Waals surface area contributed by atoms with Crippen LogP contribution >= 0.6 is 7.99 Å². The van der Waals surface area contributed by atoms with Crippen LogP contribution in [0.1, 0.15) is 0 Å². The zero-order valence-corrected chi connectivity index (χ0v) is 7.70. The van der Waals surface area contributed by atoms with Gasteiger partial charge in [0.25, 0.3) is 0 Å². The summed E-state index contributed by atoms with van der Waals surface area (Å²) in [4.78, 5) is 0. The summed E-state index contributed by atoms with van der Waals surface area (Å²) in [6.45, 7) is 6.28. The van der Waals surface area contributed by atoms with E-state index in [4.69, 9.17) is 0 Å². The monoisotopic (exact) mass is 186 g/mol. The molecule has 0 saturated carbocycles. The Morgan fingerprint density at radius 3 is 2.10 bits per heavy atom. The first-order valence-corrected chi connectivity index (χ1v) is 7.00. The molecular weight excluding hydrogens is 177 g/mol. The van der Waals surface area contributed by atoms with Crippen molar-refractivity contribution in [3.8, 4) is 0 Å². The van der Waals surface area contributed by atoms with Gasteiger partial charge in [-0.1, -0.05) is 5.70 Å². The second-order valence-corrected chi connectivity index (χ2v) is 7.49. The first kappa shape index (κ1) is 10.0. The van der Waals surface area contributed by atoms with Gasteiger partial charge in [-0.05, 0) is 13.1 Å². The Labute approximate surface area is 59.7 Å². The molecule has 0 rings (SSSR count). The molecule has 0 N–H and O–H groups in total. The van der Waals surface area contributed by atoms with Gasteiger partial charge < -0.3 is 4.21 Å². The van der Waals surface area contributed by atoms with E-state index in [1.54, 1.807) is 0 Å². The zero-order valence-electron chi connectivity index (χ0n) is 5.80. The molecule has 6 heteroatoms. The maximum absolute atomic E-state index is 11.7. The Kier molecular flexibility index (Phi) is 2.95. The van der Waals surface area contributed by atoms with Gasteiger partial charge in [-0.15, -0.1) is 15.0 Å². The SMILES string of the molecule is C=C[Si](C)(C)OP(=O)(F)F. The van der Waals surface area contributed by atoms with Gasteiger partial charge in [0.15, 0.2) is 0 Å². The summed E-state index contributed by atoms with van der Waals surface area (Å²) in [5.41, 5.74) is 1.30. The molecule has 0 fully saturated rings. The fourth-order valence-corrected chi connectivity index (χ4v) is 2.80. The lowest BCUT2D eigenvalue weighted by Gasteiger charge is -2.15. The van der Waals surface area contributed by atoms with Crippen molar-refractivity contribution < 1.29 is 17.2 Å². The molecular formula is C4H9F2O2PSi. The van der Waals surface area contributed by atoms with Crippen molar-refractivity contribution in [1.82, 2.24) is 0 Å². The summed E-state index contributed by atoms with van der Waals surface area (Å²) < 4.78 is 37.3. The molecule has 0 bridgehead atoms. The number of halogens is 2. The van der Waals surface area contributed by atoms with Crippen LogP contribution in [-0.2, 0) is 8.78 Å². The maximum Gasteiger partial charge on any atom is 0.542 e. The van der Waals surface area contributed by atoms with Crippen molar-refractivity contribution in [2.24, 2.45) is 0 Å². The minimum Gasteiger partial charge on any atom is -0.319 e. The van der Waals surface area contributed by atoms with E-state index < -0.39 is 16.3 Å². The molecule has 0 spiro atoms. The smallest absolute Gasteiger partial charge is 0.319 e. The van der Waals surface area contributed by atoms with Crippen LogP contribution in [0.2, 0.25) is 13.1 Å². The third-order valence-corrected chi connectivity index (χ3v) is 4.55. The van der Waals surface area contributed by atoms with Crippen LogP contribution in [0.3, 0.4) is 0 Å². The summed E-state index contributed by atoms with van der Waals surface area (Å²) in [6.07, 6.45) is 0. The van der Waals surface area contributed by atoms with E-state index in [1.807, 2.05) is 0 Å². The highest BCUT2D eigenvalue weighted by Gasteiger charge is 2.31. The third-order valence-electron chi connectivity index (χ3n) is 0.833. The molecule has 0 heterocycles. The Morgan fingerprint density at radius 1 is 1.60 bits per heavy atom. The van der Waals surface area contributed by atoms with E-state index in [2.05, 4.69) is 10.8 Å². The minimum absolute atomic E-state index is 1.30. The number of rotatable bonds is 3. The highest BCUT2D eigenvalue weighted by molar-refractivity contribution is 7.49. The van der Waals surface area contributed by atoms with E-state index >= 15 is 0 Å². The fraction of sp³-hybridized carbons (Fsp3) is 0.500. The molecule has 0 aliphatic rings. The first-order chi connectivity index (χ1) is 4.27. The average molecular weight is 186 g/mol. The van der Waals surface area contributed by atoms with Gasteiger partial charge >= 0.3 is 7.99 Å². The second-order valence-electron chi connectivity index (χ2n) is 2.31. The van der Waals surface area contributed by atoms with Gasteiger partial charge in [-0.25, -0.2) is 4.57 Å². The van der Waals surface area contributed by atoms with Gasteiger partial charge in [-0.3, -0.25) is 0 Å². The number of hydrogen-bond donors (Lipinski definition) is 0. The van der Waals surface area contributed by atoms with Crippen LogP contribution < -0.4 is 0 Å². The van der Waals surface area contributed by atoms with Crippen molar-refractivity contribution in [3.05, 3.63) is 12.3 Å². The molecule has 0 amide bonds. The Bertz CT molecular complexity index is 176. The van der Waals surface area contributed by atoms with Crippen LogP contribution in [0.25, 0.3) is 0 Å². The molecule has 0 radical (unpaired) electrons. The predicted octanol–water partition coefficient (Wildman–Crippen LogP) is 2.98. The molecule has 0 aliphatic heterocycles. The summed E-state index contributed by atoms with van der Waals surface area (Å²) >= 11 is 0. The van der Waals surface area contributed by atoms with E-state index in [-0.39, 0.29) is 0 Å². The molecule has 0 aliphatic carbocycles. The highest BCUT2D eigenvalue weighted by atomic mass is 31.2. The van der Waals surface area contributed by atoms with Crippen molar-refractivity contribution >= 4 is 16.3 Å². The van der Waals surface area contributed by atoms with Crippen LogP contribution in [0.15, 0.2) is 12.3 Å². The highest BCUT2D eigenvalue weighted by Crippen LogP contribution is 2.52. The molecule has 0 aromatic carbocycles. The average Bonchev–Trinajstić information content (AvgIpc) is 1.60. The van der Waals surface area contributed by atoms with Gasteiger partial charge in [0.05, 0.1) is 0 Å². The lowest BCUT2D eigenvalue weighted by Crippen LogP contribution is -2.24. The van der Waals surface area contributed by atoms with Gasteiger partial charge in [-0.2, -0.15) is 0 Å². The summed E-state index contributed by atoms with van der Waals surface area (Å²) in [6, 6.07) is 0. The van der Waals surface area contributed by atoms with E-state index in [0.29, 0.717) is 0 Å². The van der Waals surface area contributed by atoms with Crippen molar-refractivity contribution in [2.75, 3.05) is 0 Å². The largest absolute Gasteiger partial charge is 0.542 e. The topological polar surface area (TPSA) is 26.3 Å². The molecule has 2 nitrogen and oxygen atoms in total. The van der Waals surface area contributed by atoms with Crippen molar-refractivity contribution in [2.45, 2.75) is 13.1 Å². The Morgan fingerprint density at radius 2 is 2.00 bits per heavy atom. The Balaban J connectivity index is 4.15. The minimum atomic E-state index is -5.31. The summed E-state index contributed by atoms with van der Waals surface area (Å²) in [5.74, 6) is 0. The van der Waals surface area contributed by atoms with Crippen molar-refractivity contribution in [1.29, 1.82) is 0 Å². The molecule has 0 unspecified atom stereocenters. The Hall–Kier alpha value is 0.00688. The summed E-state index contributed by atoms with van der Waals surface area (Å²) in [7, 11) is -7.88. The quantitative estimate of drug-likeness (QED) is 0.500. The molecule has 60 valence electrons. The molecule has 0 aromatic rings. The fourth-order valence-electron chi connectivity index (χ4n) is 0.311. The first-order valence-electron chi connectivity index (χ1n) is 2.60. The molecule has 0 atom stereocenters. The molecule has 10 heavy (non-hydrogen) atoms. The van der Waals surface area contributed by atoms with Gasteiger partial charge in [0.2, 0.25) is 8.32 Å². The van der Waals surface area contributed by atoms with E-state index in [9.17, 15) is 13.0 Å². The van der Waals surface area contributed by atoms with Gasteiger partial charge in [0, 0.05) is 0 Å². The van der Waals surface area contributed by atoms with Crippen LogP contribution in [0.4, 0.5) is 8.39 Å². The molecule has 0 aromatic heterocycles. The van der Waals surface area contributed by atoms with E-state index in [1.165, 1.54) is 18.8 Å². The zero-order chi connectivity index (χ0) is 8.41. The van der Waals surface area contributed by atoms with Gasteiger partial charge in [0.1, 0.15) is 0 Å². The lowest BCUT2D eigenvalue weighted by atomic mass is 11.3. The molecule has 0 saturated heterocycles. The standard InChI is InChI=1S/C4H9F2O2PSi/c1-4-10(2,3)8-9(5,6)7/h4H,1H2,2-3H3. The number of hydrogen-bond acceptors (Lipinski definition) is 2. The maximum atomic E-state index is 11.7.